The van der Waals surface area contributed by atoms with E-state index in [9.17, 15) is 0 Å². The van der Waals surface area contributed by atoms with Crippen molar-refractivity contribution in [1.82, 2.24) is 0 Å². The molecule has 0 bridgehead atoms. The van der Waals surface area contributed by atoms with Gasteiger partial charge in [0.15, 0.2) is 5.17 Å². The lowest BCUT2D eigenvalue weighted by Gasteiger charge is -2.07. The largest absolute Gasteiger partial charge is 0.497 e. The van der Waals surface area contributed by atoms with Gasteiger partial charge in [-0.3, -0.25) is 0 Å². The first-order chi connectivity index (χ1) is 6.72. The lowest BCUT2D eigenvalue weighted by Crippen LogP contribution is -1.97. The molecule has 0 aliphatic carbocycles. The maximum Gasteiger partial charge on any atom is 0.179 e. The van der Waals surface area contributed by atoms with Crippen molar-refractivity contribution < 1.29 is 14.7 Å². The van der Waals surface area contributed by atoms with Crippen LogP contribution in [0.25, 0.3) is 0 Å². The highest BCUT2D eigenvalue weighted by Crippen LogP contribution is 2.25. The predicted molar refractivity (Wildman–Crippen MR) is 53.7 cm³/mol. The first-order valence-corrected chi connectivity index (χ1v) is 4.20. The van der Waals surface area contributed by atoms with Crippen molar-refractivity contribution in [3.8, 4) is 11.5 Å². The summed E-state index contributed by atoms with van der Waals surface area (Å²) in [4.78, 5) is 0. The summed E-state index contributed by atoms with van der Waals surface area (Å²) in [5.41, 5.74) is 0.512. The summed E-state index contributed by atoms with van der Waals surface area (Å²) in [6, 6.07) is 5.01. The summed E-state index contributed by atoms with van der Waals surface area (Å²) in [6.45, 7) is 0. The number of oxime groups is 1. The number of nitrogens with zero attached hydrogens (tertiary/aromatic N) is 1. The maximum atomic E-state index is 8.50. The fraction of sp³-hybridized carbons (Fsp3) is 0.222. The topological polar surface area (TPSA) is 51.0 Å². The summed E-state index contributed by atoms with van der Waals surface area (Å²) in [5, 5.41) is 11.4. The minimum atomic E-state index is -0.0236. The molecule has 0 aromatic heterocycles. The van der Waals surface area contributed by atoms with Crippen molar-refractivity contribution in [2.75, 3.05) is 14.2 Å². The van der Waals surface area contributed by atoms with Crippen molar-refractivity contribution in [3.63, 3.8) is 0 Å². The van der Waals surface area contributed by atoms with Gasteiger partial charge in [-0.05, 0) is 12.1 Å². The van der Waals surface area contributed by atoms with Crippen LogP contribution in [0.4, 0.5) is 0 Å². The Labute approximate surface area is 86.7 Å². The smallest absolute Gasteiger partial charge is 0.179 e. The Hall–Kier alpha value is -1.42. The van der Waals surface area contributed by atoms with Crippen LogP contribution in [0.15, 0.2) is 23.4 Å². The van der Waals surface area contributed by atoms with E-state index in [4.69, 9.17) is 26.3 Å². The highest BCUT2D eigenvalue weighted by atomic mass is 35.5. The first kappa shape index (κ1) is 10.7. The van der Waals surface area contributed by atoms with E-state index < -0.39 is 0 Å². The molecule has 0 radical (unpaired) electrons. The van der Waals surface area contributed by atoms with Crippen LogP contribution in [0.2, 0.25) is 0 Å². The Morgan fingerprint density at radius 1 is 1.36 bits per heavy atom. The standard InChI is InChI=1S/C9H10ClNO3/c1-13-6-3-4-7(9(10)11-12)8(5-6)14-2/h3-5,12H,1-2H3. The SMILES string of the molecule is COc1ccc(C(Cl)=NO)c(OC)c1. The molecular formula is C9H10ClNO3. The average Bonchev–Trinajstić information content (AvgIpc) is 2.27. The van der Waals surface area contributed by atoms with Gasteiger partial charge in [-0.1, -0.05) is 16.8 Å². The molecule has 0 amide bonds. The van der Waals surface area contributed by atoms with E-state index in [0.717, 1.165) is 0 Å². The van der Waals surface area contributed by atoms with Gasteiger partial charge in [0.05, 0.1) is 19.8 Å². The number of benzene rings is 1. The second kappa shape index (κ2) is 4.72. The Morgan fingerprint density at radius 2 is 2.07 bits per heavy atom. The van der Waals surface area contributed by atoms with E-state index in [1.54, 1.807) is 25.3 Å². The number of ether oxygens (including phenoxy) is 2. The minimum Gasteiger partial charge on any atom is -0.497 e. The zero-order valence-corrected chi connectivity index (χ0v) is 8.58. The van der Waals surface area contributed by atoms with E-state index in [2.05, 4.69) is 5.16 Å². The van der Waals surface area contributed by atoms with Gasteiger partial charge >= 0.3 is 0 Å². The van der Waals surface area contributed by atoms with Gasteiger partial charge in [0.25, 0.3) is 0 Å². The Bertz CT molecular complexity index is 352. The van der Waals surface area contributed by atoms with Gasteiger partial charge in [-0.15, -0.1) is 0 Å². The summed E-state index contributed by atoms with van der Waals surface area (Å²) in [7, 11) is 3.05. The molecular weight excluding hydrogens is 206 g/mol. The van der Waals surface area contributed by atoms with Crippen LogP contribution in [0, 0.1) is 0 Å². The van der Waals surface area contributed by atoms with E-state index in [1.807, 2.05) is 0 Å². The fourth-order valence-corrected chi connectivity index (χ4v) is 1.18. The molecule has 0 heterocycles. The predicted octanol–water partition coefficient (Wildman–Crippen LogP) is 2.08. The molecule has 76 valence electrons. The monoisotopic (exact) mass is 215 g/mol. The highest BCUT2D eigenvalue weighted by molar-refractivity contribution is 6.69. The number of hydrogen-bond acceptors (Lipinski definition) is 4. The van der Waals surface area contributed by atoms with Crippen molar-refractivity contribution in [2.45, 2.75) is 0 Å². The van der Waals surface area contributed by atoms with Crippen molar-refractivity contribution in [3.05, 3.63) is 23.8 Å². The highest BCUT2D eigenvalue weighted by Gasteiger charge is 2.09. The molecule has 0 saturated heterocycles. The van der Waals surface area contributed by atoms with Gasteiger partial charge in [-0.25, -0.2) is 0 Å². The molecule has 1 aromatic rings. The van der Waals surface area contributed by atoms with Crippen LogP contribution < -0.4 is 9.47 Å². The fourth-order valence-electron chi connectivity index (χ4n) is 1.02. The Kier molecular flexibility index (Phi) is 3.59. The van der Waals surface area contributed by atoms with Gasteiger partial charge in [-0.2, -0.15) is 0 Å². The molecule has 0 aliphatic heterocycles. The quantitative estimate of drug-likeness (QED) is 0.477. The van der Waals surface area contributed by atoms with E-state index in [1.165, 1.54) is 7.11 Å². The number of halogens is 1. The Morgan fingerprint density at radius 3 is 2.57 bits per heavy atom. The molecule has 14 heavy (non-hydrogen) atoms. The van der Waals surface area contributed by atoms with Crippen LogP contribution in [0.3, 0.4) is 0 Å². The van der Waals surface area contributed by atoms with E-state index >= 15 is 0 Å². The molecule has 1 rings (SSSR count). The molecule has 0 aliphatic rings. The molecule has 5 heteroatoms. The Balaban J connectivity index is 3.18. The number of methoxy groups -OCH3 is 2. The second-order valence-corrected chi connectivity index (χ2v) is 2.82. The van der Waals surface area contributed by atoms with Crippen LogP contribution in [-0.2, 0) is 0 Å². The zero-order chi connectivity index (χ0) is 10.6. The first-order valence-electron chi connectivity index (χ1n) is 3.83. The third-order valence-electron chi connectivity index (χ3n) is 1.72. The molecule has 0 unspecified atom stereocenters. The van der Waals surface area contributed by atoms with Crippen LogP contribution in [0.5, 0.6) is 11.5 Å². The molecule has 1 aromatic carbocycles. The number of hydrogen-bond donors (Lipinski definition) is 1. The van der Waals surface area contributed by atoms with Crippen molar-refractivity contribution >= 4 is 16.8 Å². The number of rotatable bonds is 3. The van der Waals surface area contributed by atoms with Gasteiger partial charge in [0, 0.05) is 6.07 Å². The third kappa shape index (κ3) is 2.09. The second-order valence-electron chi connectivity index (χ2n) is 2.46. The molecule has 4 nitrogen and oxygen atoms in total. The van der Waals surface area contributed by atoms with Crippen LogP contribution in [0.1, 0.15) is 5.56 Å². The van der Waals surface area contributed by atoms with Crippen molar-refractivity contribution in [2.24, 2.45) is 5.16 Å². The summed E-state index contributed by atoms with van der Waals surface area (Å²) in [5.74, 6) is 1.14. The van der Waals surface area contributed by atoms with Crippen LogP contribution >= 0.6 is 11.6 Å². The molecule has 0 saturated carbocycles. The van der Waals surface area contributed by atoms with E-state index in [0.29, 0.717) is 17.1 Å². The molecule has 0 fully saturated rings. The van der Waals surface area contributed by atoms with Gasteiger partial charge in [0.1, 0.15) is 11.5 Å². The third-order valence-corrected chi connectivity index (χ3v) is 2.00. The zero-order valence-electron chi connectivity index (χ0n) is 7.82. The van der Waals surface area contributed by atoms with Gasteiger partial charge in [0.2, 0.25) is 0 Å². The van der Waals surface area contributed by atoms with E-state index in [-0.39, 0.29) is 5.17 Å². The molecule has 0 atom stereocenters. The summed E-state index contributed by atoms with van der Waals surface area (Å²) in [6.07, 6.45) is 0. The van der Waals surface area contributed by atoms with Crippen LogP contribution in [-0.4, -0.2) is 24.6 Å². The lowest BCUT2D eigenvalue weighted by atomic mass is 10.2. The molecule has 1 N–H and O–H groups in total. The summed E-state index contributed by atoms with van der Waals surface area (Å²) >= 11 is 5.65. The van der Waals surface area contributed by atoms with Gasteiger partial charge < -0.3 is 14.7 Å². The molecule has 0 spiro atoms. The minimum absolute atomic E-state index is 0.0236. The average molecular weight is 216 g/mol. The van der Waals surface area contributed by atoms with Crippen molar-refractivity contribution in [1.29, 1.82) is 0 Å². The maximum absolute atomic E-state index is 8.50. The lowest BCUT2D eigenvalue weighted by molar-refractivity contribution is 0.320. The normalized spacial score (nSPS) is 11.2. The summed E-state index contributed by atoms with van der Waals surface area (Å²) < 4.78 is 10.1.